The average Bonchev–Trinajstić information content (AvgIpc) is 3.16. The zero-order valence-electron chi connectivity index (χ0n) is 16.3. The van der Waals surface area contributed by atoms with Gasteiger partial charge in [-0.05, 0) is 55.3 Å². The highest BCUT2D eigenvalue weighted by atomic mass is 35.5. The number of carbonyl (C=O) groups excluding carboxylic acids is 1. The van der Waals surface area contributed by atoms with E-state index in [1.807, 2.05) is 6.92 Å². The van der Waals surface area contributed by atoms with E-state index < -0.39 is 10.0 Å². The van der Waals surface area contributed by atoms with Gasteiger partial charge in [0.15, 0.2) is 5.13 Å². The van der Waals surface area contributed by atoms with Gasteiger partial charge in [-0.15, -0.1) is 11.3 Å². The first-order chi connectivity index (χ1) is 14.3. The fraction of sp³-hybridized carbons (Fsp3) is 0.200. The van der Waals surface area contributed by atoms with Crippen LogP contribution in [0.1, 0.15) is 17.7 Å². The molecule has 1 aromatic heterocycles. The van der Waals surface area contributed by atoms with Gasteiger partial charge in [0.2, 0.25) is 5.91 Å². The van der Waals surface area contributed by atoms with Crippen LogP contribution in [0.15, 0.2) is 52.7 Å². The molecule has 0 unspecified atom stereocenters. The van der Waals surface area contributed by atoms with Crippen molar-refractivity contribution >= 4 is 49.7 Å². The summed E-state index contributed by atoms with van der Waals surface area (Å²) in [5, 5.41) is 5.38. The van der Waals surface area contributed by atoms with Crippen LogP contribution < -0.4 is 14.8 Å². The van der Waals surface area contributed by atoms with Gasteiger partial charge in [0.1, 0.15) is 5.75 Å². The molecule has 0 saturated carbocycles. The SMILES string of the molecule is COc1ccc(S(=O)(=O)Nc2nc(CCC(=O)Nc3cccc(Cl)c3C)cs2)cc1. The number of halogens is 1. The molecule has 0 atom stereocenters. The largest absolute Gasteiger partial charge is 0.497 e. The van der Waals surface area contributed by atoms with E-state index in [2.05, 4.69) is 15.0 Å². The Bertz CT molecular complexity index is 1150. The number of aryl methyl sites for hydroxylation is 1. The number of anilines is 2. The van der Waals surface area contributed by atoms with E-state index in [0.717, 1.165) is 16.9 Å². The molecule has 3 rings (SSSR count). The van der Waals surface area contributed by atoms with Crippen molar-refractivity contribution < 1.29 is 17.9 Å². The third kappa shape index (κ3) is 5.50. The number of rotatable bonds is 8. The highest BCUT2D eigenvalue weighted by Crippen LogP contribution is 2.24. The fourth-order valence-corrected chi connectivity index (χ4v) is 4.77. The van der Waals surface area contributed by atoms with E-state index in [4.69, 9.17) is 16.3 Å². The number of carbonyl (C=O) groups is 1. The highest BCUT2D eigenvalue weighted by molar-refractivity contribution is 7.93. The molecule has 0 aliphatic rings. The van der Waals surface area contributed by atoms with Gasteiger partial charge in [0.25, 0.3) is 10.0 Å². The monoisotopic (exact) mass is 465 g/mol. The van der Waals surface area contributed by atoms with Crippen LogP contribution in [0.4, 0.5) is 10.8 Å². The summed E-state index contributed by atoms with van der Waals surface area (Å²) in [6.45, 7) is 1.83. The number of nitrogens with zero attached hydrogens (tertiary/aromatic N) is 1. The summed E-state index contributed by atoms with van der Waals surface area (Å²) in [7, 11) is -2.25. The topological polar surface area (TPSA) is 97.4 Å². The number of benzene rings is 2. The molecule has 2 aromatic carbocycles. The van der Waals surface area contributed by atoms with Crippen LogP contribution in [0.5, 0.6) is 5.75 Å². The molecule has 0 saturated heterocycles. The standard InChI is InChI=1S/C20H20ClN3O4S2/c1-13-17(21)4-3-5-18(13)23-19(25)11-6-14-12-29-20(22-14)24-30(26,27)16-9-7-15(28-2)8-10-16/h3-5,7-10,12H,6,11H2,1-2H3,(H,22,24)(H,23,25). The summed E-state index contributed by atoms with van der Waals surface area (Å²) in [5.41, 5.74) is 2.10. The molecule has 30 heavy (non-hydrogen) atoms. The summed E-state index contributed by atoms with van der Waals surface area (Å²) in [4.78, 5) is 16.6. The molecule has 3 aromatic rings. The van der Waals surface area contributed by atoms with E-state index in [1.54, 1.807) is 35.7 Å². The van der Waals surface area contributed by atoms with Crippen molar-refractivity contribution in [1.29, 1.82) is 0 Å². The Labute approximate surface area is 184 Å². The Morgan fingerprint density at radius 3 is 2.63 bits per heavy atom. The maximum atomic E-state index is 12.5. The smallest absolute Gasteiger partial charge is 0.263 e. The molecule has 10 heteroatoms. The van der Waals surface area contributed by atoms with Gasteiger partial charge in [-0.1, -0.05) is 17.7 Å². The van der Waals surface area contributed by atoms with Crippen molar-refractivity contribution in [3.8, 4) is 5.75 Å². The number of thiazole rings is 1. The van der Waals surface area contributed by atoms with E-state index in [0.29, 0.717) is 28.6 Å². The first-order valence-corrected chi connectivity index (χ1v) is 11.7. The molecular formula is C20H20ClN3O4S2. The van der Waals surface area contributed by atoms with Gasteiger partial charge < -0.3 is 10.1 Å². The van der Waals surface area contributed by atoms with E-state index in [1.165, 1.54) is 19.2 Å². The maximum Gasteiger partial charge on any atom is 0.263 e. The quantitative estimate of drug-likeness (QED) is 0.511. The molecule has 0 fully saturated rings. The van der Waals surface area contributed by atoms with E-state index in [9.17, 15) is 13.2 Å². The zero-order valence-corrected chi connectivity index (χ0v) is 18.7. The number of aromatic nitrogens is 1. The van der Waals surface area contributed by atoms with Crippen molar-refractivity contribution in [1.82, 2.24) is 4.98 Å². The minimum absolute atomic E-state index is 0.108. The summed E-state index contributed by atoms with van der Waals surface area (Å²) >= 11 is 7.23. The van der Waals surface area contributed by atoms with Crippen molar-refractivity contribution in [2.75, 3.05) is 17.1 Å². The van der Waals surface area contributed by atoms with E-state index >= 15 is 0 Å². The second-order valence-electron chi connectivity index (χ2n) is 6.39. The molecular weight excluding hydrogens is 446 g/mol. The van der Waals surface area contributed by atoms with Crippen molar-refractivity contribution in [3.05, 3.63) is 64.1 Å². The molecule has 1 heterocycles. The van der Waals surface area contributed by atoms with Crippen LogP contribution in [0.3, 0.4) is 0 Å². The molecule has 7 nitrogen and oxygen atoms in total. The molecule has 0 bridgehead atoms. The van der Waals surface area contributed by atoms with Gasteiger partial charge in [-0.2, -0.15) is 0 Å². The highest BCUT2D eigenvalue weighted by Gasteiger charge is 2.16. The van der Waals surface area contributed by atoms with Crippen LogP contribution in [-0.2, 0) is 21.2 Å². The lowest BCUT2D eigenvalue weighted by atomic mass is 10.2. The Morgan fingerprint density at radius 2 is 1.93 bits per heavy atom. The second-order valence-corrected chi connectivity index (χ2v) is 9.33. The van der Waals surface area contributed by atoms with Crippen molar-refractivity contribution in [2.24, 2.45) is 0 Å². The minimum Gasteiger partial charge on any atom is -0.497 e. The number of methoxy groups -OCH3 is 1. The summed E-state index contributed by atoms with van der Waals surface area (Å²) in [5.74, 6) is 0.394. The summed E-state index contributed by atoms with van der Waals surface area (Å²) in [6, 6.07) is 11.4. The van der Waals surface area contributed by atoms with Crippen molar-refractivity contribution in [2.45, 2.75) is 24.7 Å². The van der Waals surface area contributed by atoms with Crippen LogP contribution in [0.2, 0.25) is 5.02 Å². The maximum absolute atomic E-state index is 12.5. The Kier molecular flexibility index (Phi) is 6.96. The molecule has 158 valence electrons. The number of sulfonamides is 1. The van der Waals surface area contributed by atoms with Crippen LogP contribution in [0, 0.1) is 6.92 Å². The lowest BCUT2D eigenvalue weighted by Crippen LogP contribution is -2.14. The second kappa shape index (κ2) is 9.46. The summed E-state index contributed by atoms with van der Waals surface area (Å²) in [6.07, 6.45) is 0.590. The predicted octanol–water partition coefficient (Wildman–Crippen LogP) is 4.49. The number of nitrogens with one attached hydrogen (secondary N) is 2. The fourth-order valence-electron chi connectivity index (χ4n) is 2.59. The van der Waals surface area contributed by atoms with Crippen LogP contribution >= 0.6 is 22.9 Å². The predicted molar refractivity (Wildman–Crippen MR) is 119 cm³/mol. The Morgan fingerprint density at radius 1 is 1.20 bits per heavy atom. The van der Waals surface area contributed by atoms with Gasteiger partial charge in [0, 0.05) is 22.5 Å². The molecule has 1 amide bonds. The number of hydrogen-bond acceptors (Lipinski definition) is 6. The van der Waals surface area contributed by atoms with Crippen molar-refractivity contribution in [3.63, 3.8) is 0 Å². The van der Waals surface area contributed by atoms with Crippen LogP contribution in [0.25, 0.3) is 0 Å². The first-order valence-electron chi connectivity index (χ1n) is 8.95. The van der Waals surface area contributed by atoms with E-state index in [-0.39, 0.29) is 22.4 Å². The van der Waals surface area contributed by atoms with Gasteiger partial charge in [0.05, 0.1) is 17.7 Å². The molecule has 0 spiro atoms. The molecule has 2 N–H and O–H groups in total. The number of hydrogen-bond donors (Lipinski definition) is 2. The Hall–Kier alpha value is -2.62. The van der Waals surface area contributed by atoms with Crippen LogP contribution in [-0.4, -0.2) is 26.4 Å². The molecule has 0 radical (unpaired) electrons. The third-order valence-electron chi connectivity index (χ3n) is 4.29. The molecule has 0 aliphatic heterocycles. The van der Waals surface area contributed by atoms with Gasteiger partial charge in [-0.3, -0.25) is 9.52 Å². The molecule has 0 aliphatic carbocycles. The third-order valence-corrected chi connectivity index (χ3v) is 6.99. The number of ether oxygens (including phenoxy) is 1. The summed E-state index contributed by atoms with van der Waals surface area (Å²) < 4.78 is 32.4. The minimum atomic E-state index is -3.76. The Balaban J connectivity index is 1.58. The average molecular weight is 466 g/mol. The van der Waals surface area contributed by atoms with Gasteiger partial charge >= 0.3 is 0 Å². The first kappa shape index (κ1) is 22.1. The zero-order chi connectivity index (χ0) is 21.7. The normalized spacial score (nSPS) is 11.2. The number of amides is 1. The lowest BCUT2D eigenvalue weighted by Gasteiger charge is -2.09. The van der Waals surface area contributed by atoms with Gasteiger partial charge in [-0.25, -0.2) is 13.4 Å². The lowest BCUT2D eigenvalue weighted by molar-refractivity contribution is -0.116.